The Labute approximate surface area is 138 Å². The lowest BCUT2D eigenvalue weighted by atomic mass is 9.48. The molecule has 4 heteroatoms. The molecule has 1 N–H and O–H groups in total. The van der Waals surface area contributed by atoms with Crippen molar-refractivity contribution in [2.24, 2.45) is 16.7 Å². The Morgan fingerprint density at radius 2 is 2.13 bits per heavy atom. The minimum atomic E-state index is -0.0520. The number of hydrogen-bond acceptors (Lipinski definition) is 3. The van der Waals surface area contributed by atoms with Gasteiger partial charge in [-0.05, 0) is 35.8 Å². The van der Waals surface area contributed by atoms with Gasteiger partial charge in [0.2, 0.25) is 5.91 Å². The van der Waals surface area contributed by atoms with Gasteiger partial charge < -0.3 is 14.7 Å². The molecule has 23 heavy (non-hydrogen) atoms. The summed E-state index contributed by atoms with van der Waals surface area (Å²) in [6, 6.07) is 7.86. The molecule has 0 spiro atoms. The average molecular weight is 317 g/mol. The van der Waals surface area contributed by atoms with Crippen LogP contribution in [-0.2, 0) is 11.2 Å². The zero-order valence-corrected chi connectivity index (χ0v) is 14.3. The van der Waals surface area contributed by atoms with E-state index in [0.29, 0.717) is 25.3 Å². The molecule has 1 aromatic carbocycles. The van der Waals surface area contributed by atoms with Gasteiger partial charge >= 0.3 is 0 Å². The number of rotatable bonds is 5. The first-order valence-electron chi connectivity index (χ1n) is 8.42. The monoisotopic (exact) mass is 317 g/mol. The Morgan fingerprint density at radius 1 is 1.39 bits per heavy atom. The maximum Gasteiger partial charge on any atom is 0.222 e. The number of aliphatic hydroxyl groups excluding tert-OH is 1. The van der Waals surface area contributed by atoms with E-state index >= 15 is 0 Å². The molecule has 0 aromatic heterocycles. The summed E-state index contributed by atoms with van der Waals surface area (Å²) in [4.78, 5) is 14.6. The van der Waals surface area contributed by atoms with Crippen LogP contribution < -0.4 is 4.74 Å². The maximum absolute atomic E-state index is 12.6. The summed E-state index contributed by atoms with van der Waals surface area (Å²) in [5, 5.41) is 9.80. The summed E-state index contributed by atoms with van der Waals surface area (Å²) < 4.78 is 5.35. The summed E-state index contributed by atoms with van der Waals surface area (Å²) in [6.45, 7) is 6.18. The average Bonchev–Trinajstić information content (AvgIpc) is 2.88. The fourth-order valence-electron chi connectivity index (χ4n) is 4.84. The van der Waals surface area contributed by atoms with E-state index in [1.807, 2.05) is 29.2 Å². The number of methoxy groups -OCH3 is 1. The molecule has 0 unspecified atom stereocenters. The van der Waals surface area contributed by atoms with Gasteiger partial charge in [-0.2, -0.15) is 0 Å². The lowest BCUT2D eigenvalue weighted by Crippen LogP contribution is -2.54. The van der Waals surface area contributed by atoms with E-state index in [2.05, 4.69) is 13.8 Å². The number of fused-ring (bicyclic) bond motifs is 1. The van der Waals surface area contributed by atoms with Crippen molar-refractivity contribution < 1.29 is 14.6 Å². The van der Waals surface area contributed by atoms with Crippen molar-refractivity contribution in [2.45, 2.75) is 33.1 Å². The van der Waals surface area contributed by atoms with Gasteiger partial charge in [0.25, 0.3) is 0 Å². The summed E-state index contributed by atoms with van der Waals surface area (Å²) in [5.74, 6) is 1.46. The largest absolute Gasteiger partial charge is 0.496 e. The van der Waals surface area contributed by atoms with Gasteiger partial charge in [0, 0.05) is 24.9 Å². The van der Waals surface area contributed by atoms with E-state index in [-0.39, 0.29) is 23.3 Å². The number of likely N-dealkylation sites (tertiary alicyclic amines) is 1. The van der Waals surface area contributed by atoms with E-state index in [1.165, 1.54) is 0 Å². The van der Waals surface area contributed by atoms with E-state index in [0.717, 1.165) is 24.3 Å². The minimum absolute atomic E-state index is 0.0520. The first-order valence-corrected chi connectivity index (χ1v) is 8.42. The highest BCUT2D eigenvalue weighted by atomic mass is 16.5. The van der Waals surface area contributed by atoms with Crippen molar-refractivity contribution in [1.82, 2.24) is 4.90 Å². The highest BCUT2D eigenvalue weighted by Gasteiger charge is 2.62. The summed E-state index contributed by atoms with van der Waals surface area (Å²) >= 11 is 0. The molecule has 4 nitrogen and oxygen atoms in total. The van der Waals surface area contributed by atoms with Gasteiger partial charge in [-0.15, -0.1) is 0 Å². The Hall–Kier alpha value is -1.55. The summed E-state index contributed by atoms with van der Waals surface area (Å²) in [6.07, 6.45) is 2.20. The topological polar surface area (TPSA) is 49.8 Å². The van der Waals surface area contributed by atoms with Gasteiger partial charge in [0.1, 0.15) is 5.75 Å². The lowest BCUT2D eigenvalue weighted by molar-refractivity contribution is -0.130. The molecule has 1 aliphatic carbocycles. The zero-order chi connectivity index (χ0) is 16.7. The quantitative estimate of drug-likeness (QED) is 0.908. The second kappa shape index (κ2) is 5.82. The second-order valence-electron chi connectivity index (χ2n) is 7.82. The molecule has 2 atom stereocenters. The molecule has 1 amide bonds. The fourth-order valence-corrected chi connectivity index (χ4v) is 4.84. The number of nitrogens with zero attached hydrogens (tertiary/aromatic N) is 1. The molecule has 3 rings (SSSR count). The van der Waals surface area contributed by atoms with Gasteiger partial charge in [0.15, 0.2) is 0 Å². The van der Waals surface area contributed by atoms with Crippen molar-refractivity contribution in [3.05, 3.63) is 29.8 Å². The number of carbonyl (C=O) groups is 1. The molecule has 1 aliphatic heterocycles. The lowest BCUT2D eigenvalue weighted by Gasteiger charge is -2.55. The van der Waals surface area contributed by atoms with Gasteiger partial charge in [-0.25, -0.2) is 0 Å². The van der Waals surface area contributed by atoms with Crippen LogP contribution in [-0.4, -0.2) is 42.7 Å². The number of aliphatic hydroxyl groups is 1. The van der Waals surface area contributed by atoms with Crippen LogP contribution in [0.4, 0.5) is 0 Å². The van der Waals surface area contributed by atoms with Crippen molar-refractivity contribution in [3.63, 3.8) is 0 Å². The molecule has 0 radical (unpaired) electrons. The molecule has 1 heterocycles. The first-order chi connectivity index (χ1) is 10.9. The van der Waals surface area contributed by atoms with Crippen molar-refractivity contribution in [3.8, 4) is 5.75 Å². The van der Waals surface area contributed by atoms with Crippen LogP contribution in [0.5, 0.6) is 5.75 Å². The normalized spacial score (nSPS) is 28.2. The highest BCUT2D eigenvalue weighted by molar-refractivity contribution is 5.77. The molecule has 1 aromatic rings. The summed E-state index contributed by atoms with van der Waals surface area (Å²) in [5.41, 5.74) is 1.26. The van der Waals surface area contributed by atoms with Crippen LogP contribution in [0.15, 0.2) is 24.3 Å². The van der Waals surface area contributed by atoms with E-state index in [9.17, 15) is 9.90 Å². The number of ether oxygens (including phenoxy) is 1. The Balaban J connectivity index is 1.62. The molecule has 2 aliphatic rings. The first kappa shape index (κ1) is 16.3. The third kappa shape index (κ3) is 2.74. The van der Waals surface area contributed by atoms with Crippen molar-refractivity contribution in [1.29, 1.82) is 0 Å². The predicted octanol–water partition coefficient (Wildman–Crippen LogP) is 2.49. The SMILES string of the molecule is COc1ccccc1CCC(=O)N1C[C@@H]2C(C)(C)C[C@]2(CO)C1. The van der Waals surface area contributed by atoms with E-state index < -0.39 is 0 Å². The second-order valence-corrected chi connectivity index (χ2v) is 7.82. The highest BCUT2D eigenvalue weighted by Crippen LogP contribution is 2.62. The standard InChI is InChI=1S/C19H27NO3/c1-18(2)11-19(13-21)12-20(10-16(18)19)17(22)9-8-14-6-4-5-7-15(14)23-3/h4-7,16,21H,8-13H2,1-3H3/t16-,19-/m1/s1. The van der Waals surface area contributed by atoms with Gasteiger partial charge in [-0.1, -0.05) is 32.0 Å². The third-order valence-electron chi connectivity index (χ3n) is 5.87. The van der Waals surface area contributed by atoms with Crippen LogP contribution in [0.25, 0.3) is 0 Å². The van der Waals surface area contributed by atoms with Gasteiger partial charge in [-0.3, -0.25) is 4.79 Å². The van der Waals surface area contributed by atoms with Crippen LogP contribution in [0, 0.1) is 16.7 Å². The van der Waals surface area contributed by atoms with Crippen molar-refractivity contribution in [2.75, 3.05) is 26.8 Å². The van der Waals surface area contributed by atoms with Gasteiger partial charge in [0.05, 0.1) is 13.7 Å². The van der Waals surface area contributed by atoms with Crippen LogP contribution in [0.2, 0.25) is 0 Å². The molecule has 1 saturated heterocycles. The Bertz CT molecular complexity index is 598. The number of para-hydroxylation sites is 1. The minimum Gasteiger partial charge on any atom is -0.496 e. The molecule has 1 saturated carbocycles. The molecule has 126 valence electrons. The molecule has 2 fully saturated rings. The Morgan fingerprint density at radius 3 is 2.74 bits per heavy atom. The molecular weight excluding hydrogens is 290 g/mol. The predicted molar refractivity (Wildman–Crippen MR) is 89.3 cm³/mol. The number of benzene rings is 1. The number of carbonyl (C=O) groups excluding carboxylic acids is 1. The fraction of sp³-hybridized carbons (Fsp3) is 0.632. The van der Waals surface area contributed by atoms with Crippen LogP contribution in [0.3, 0.4) is 0 Å². The van der Waals surface area contributed by atoms with Crippen LogP contribution >= 0.6 is 0 Å². The smallest absolute Gasteiger partial charge is 0.222 e. The van der Waals surface area contributed by atoms with Crippen LogP contribution in [0.1, 0.15) is 32.3 Å². The molecule has 0 bridgehead atoms. The zero-order valence-electron chi connectivity index (χ0n) is 14.3. The molecular formula is C19H27NO3. The number of amides is 1. The van der Waals surface area contributed by atoms with E-state index in [1.54, 1.807) is 7.11 Å². The Kier molecular flexibility index (Phi) is 4.13. The number of hydrogen-bond donors (Lipinski definition) is 1. The third-order valence-corrected chi connectivity index (χ3v) is 5.87. The number of aryl methyl sites for hydroxylation is 1. The summed E-state index contributed by atoms with van der Waals surface area (Å²) in [7, 11) is 1.66. The van der Waals surface area contributed by atoms with Crippen molar-refractivity contribution >= 4 is 5.91 Å². The van der Waals surface area contributed by atoms with E-state index in [4.69, 9.17) is 4.74 Å². The maximum atomic E-state index is 12.6.